The van der Waals surface area contributed by atoms with Crippen molar-refractivity contribution < 1.29 is 0 Å². The quantitative estimate of drug-likeness (QED) is 0.814. The van der Waals surface area contributed by atoms with Crippen LogP contribution in [0.5, 0.6) is 0 Å². The molecule has 3 N–H and O–H groups in total. The molecule has 0 unspecified atom stereocenters. The van der Waals surface area contributed by atoms with Crippen LogP contribution in [-0.2, 0) is 13.6 Å². The standard InChI is InChI=1S/C15H21N3/c1-18-10-11(9-17-13-4-2-3-5-13)14-8-12(16)6-7-15(14)18/h6-8,10,13,17H,2-5,9,16H2,1H3. The molecule has 0 amide bonds. The fourth-order valence-corrected chi connectivity index (χ4v) is 3.02. The lowest BCUT2D eigenvalue weighted by Gasteiger charge is -2.10. The molecule has 0 atom stereocenters. The zero-order valence-corrected chi connectivity index (χ0v) is 10.9. The Hall–Kier alpha value is -1.48. The SMILES string of the molecule is Cn1cc(CNC2CCCC2)c2cc(N)ccc21. The van der Waals surface area contributed by atoms with Crippen LogP contribution in [0, 0.1) is 0 Å². The number of nitrogens with two attached hydrogens (primary N) is 1. The third-order valence-corrected chi connectivity index (χ3v) is 4.03. The second-order valence-electron chi connectivity index (χ2n) is 5.40. The number of fused-ring (bicyclic) bond motifs is 1. The van der Waals surface area contributed by atoms with Gasteiger partial charge in [0.15, 0.2) is 0 Å². The van der Waals surface area contributed by atoms with E-state index in [9.17, 15) is 0 Å². The molecule has 1 aliphatic carbocycles. The molecule has 1 heterocycles. The Morgan fingerprint density at radius 3 is 2.89 bits per heavy atom. The number of nitrogen functional groups attached to an aromatic ring is 1. The van der Waals surface area contributed by atoms with Gasteiger partial charge in [0.25, 0.3) is 0 Å². The molecule has 1 saturated carbocycles. The summed E-state index contributed by atoms with van der Waals surface area (Å²) in [5.74, 6) is 0. The molecule has 1 aromatic heterocycles. The second kappa shape index (κ2) is 4.65. The summed E-state index contributed by atoms with van der Waals surface area (Å²) in [6, 6.07) is 6.86. The molecule has 0 radical (unpaired) electrons. The van der Waals surface area contributed by atoms with E-state index in [1.165, 1.54) is 42.1 Å². The number of hydrogen-bond acceptors (Lipinski definition) is 2. The maximum absolute atomic E-state index is 5.89. The van der Waals surface area contributed by atoms with Gasteiger partial charge in [0.05, 0.1) is 0 Å². The molecule has 3 nitrogen and oxygen atoms in total. The van der Waals surface area contributed by atoms with E-state index in [0.29, 0.717) is 6.04 Å². The van der Waals surface area contributed by atoms with Gasteiger partial charge in [-0.3, -0.25) is 0 Å². The first-order valence-corrected chi connectivity index (χ1v) is 6.81. The van der Waals surface area contributed by atoms with Gasteiger partial charge in [0, 0.05) is 42.4 Å². The first kappa shape index (κ1) is 11.6. The molecule has 3 heteroatoms. The lowest BCUT2D eigenvalue weighted by atomic mass is 10.1. The molecule has 1 fully saturated rings. The van der Waals surface area contributed by atoms with Crippen LogP contribution in [-0.4, -0.2) is 10.6 Å². The smallest absolute Gasteiger partial charge is 0.0482 e. The Balaban J connectivity index is 1.84. The van der Waals surface area contributed by atoms with Crippen molar-refractivity contribution in [3.63, 3.8) is 0 Å². The number of aryl methyl sites for hydroxylation is 1. The summed E-state index contributed by atoms with van der Waals surface area (Å²) in [7, 11) is 2.09. The van der Waals surface area contributed by atoms with E-state index >= 15 is 0 Å². The van der Waals surface area contributed by atoms with Gasteiger partial charge in [0.1, 0.15) is 0 Å². The first-order chi connectivity index (χ1) is 8.74. The van der Waals surface area contributed by atoms with Crippen molar-refractivity contribution >= 4 is 16.6 Å². The Bertz CT molecular complexity index is 550. The fraction of sp³-hybridized carbons (Fsp3) is 0.467. The van der Waals surface area contributed by atoms with Gasteiger partial charge in [0.2, 0.25) is 0 Å². The average Bonchev–Trinajstić information content (AvgIpc) is 2.95. The zero-order chi connectivity index (χ0) is 12.5. The van der Waals surface area contributed by atoms with E-state index in [-0.39, 0.29) is 0 Å². The van der Waals surface area contributed by atoms with E-state index in [4.69, 9.17) is 5.73 Å². The number of nitrogens with zero attached hydrogens (tertiary/aromatic N) is 1. The molecule has 0 aliphatic heterocycles. The predicted octanol–water partition coefficient (Wildman–Crippen LogP) is 2.79. The fourth-order valence-electron chi connectivity index (χ4n) is 3.02. The van der Waals surface area contributed by atoms with Crippen LogP contribution in [0.2, 0.25) is 0 Å². The molecular formula is C15H21N3. The van der Waals surface area contributed by atoms with Gasteiger partial charge in [-0.05, 0) is 36.6 Å². The van der Waals surface area contributed by atoms with Gasteiger partial charge in [-0.15, -0.1) is 0 Å². The molecule has 0 bridgehead atoms. The van der Waals surface area contributed by atoms with Crippen LogP contribution in [0.25, 0.3) is 10.9 Å². The number of anilines is 1. The minimum absolute atomic E-state index is 0.710. The van der Waals surface area contributed by atoms with Crippen LogP contribution in [0.3, 0.4) is 0 Å². The highest BCUT2D eigenvalue weighted by atomic mass is 14.9. The summed E-state index contributed by atoms with van der Waals surface area (Å²) in [6.07, 6.45) is 7.62. The third kappa shape index (κ3) is 2.10. The lowest BCUT2D eigenvalue weighted by molar-refractivity contribution is 0.525. The summed E-state index contributed by atoms with van der Waals surface area (Å²) in [5.41, 5.74) is 9.34. The molecule has 1 aliphatic rings. The Kier molecular flexibility index (Phi) is 3.00. The Labute approximate surface area is 108 Å². The number of aromatic nitrogens is 1. The van der Waals surface area contributed by atoms with E-state index in [2.05, 4.69) is 35.3 Å². The third-order valence-electron chi connectivity index (χ3n) is 4.03. The molecular weight excluding hydrogens is 222 g/mol. The van der Waals surface area contributed by atoms with Crippen molar-refractivity contribution in [3.05, 3.63) is 30.0 Å². The number of nitrogens with one attached hydrogen (secondary N) is 1. The van der Waals surface area contributed by atoms with Crippen molar-refractivity contribution in [1.29, 1.82) is 0 Å². The van der Waals surface area contributed by atoms with Gasteiger partial charge in [-0.2, -0.15) is 0 Å². The highest BCUT2D eigenvalue weighted by Gasteiger charge is 2.15. The van der Waals surface area contributed by atoms with Gasteiger partial charge in [-0.25, -0.2) is 0 Å². The second-order valence-corrected chi connectivity index (χ2v) is 5.40. The summed E-state index contributed by atoms with van der Waals surface area (Å²) in [5, 5.41) is 4.95. The molecule has 1 aromatic carbocycles. The van der Waals surface area contributed by atoms with E-state index in [0.717, 1.165) is 12.2 Å². The topological polar surface area (TPSA) is 43.0 Å². The maximum Gasteiger partial charge on any atom is 0.0482 e. The Morgan fingerprint density at radius 2 is 2.11 bits per heavy atom. The summed E-state index contributed by atoms with van der Waals surface area (Å²) in [4.78, 5) is 0. The van der Waals surface area contributed by atoms with Crippen molar-refractivity contribution in [2.24, 2.45) is 7.05 Å². The van der Waals surface area contributed by atoms with Crippen LogP contribution >= 0.6 is 0 Å². The van der Waals surface area contributed by atoms with Crippen molar-refractivity contribution in [2.45, 2.75) is 38.3 Å². The highest BCUT2D eigenvalue weighted by Crippen LogP contribution is 2.24. The molecule has 18 heavy (non-hydrogen) atoms. The van der Waals surface area contributed by atoms with E-state index < -0.39 is 0 Å². The predicted molar refractivity (Wildman–Crippen MR) is 76.4 cm³/mol. The molecule has 2 aromatic rings. The number of hydrogen-bond donors (Lipinski definition) is 2. The summed E-state index contributed by atoms with van der Waals surface area (Å²) < 4.78 is 2.18. The maximum atomic E-state index is 5.89. The van der Waals surface area contributed by atoms with Crippen LogP contribution in [0.15, 0.2) is 24.4 Å². The van der Waals surface area contributed by atoms with Crippen molar-refractivity contribution in [3.8, 4) is 0 Å². The minimum Gasteiger partial charge on any atom is -0.399 e. The van der Waals surface area contributed by atoms with Crippen LogP contribution < -0.4 is 11.1 Å². The van der Waals surface area contributed by atoms with Gasteiger partial charge in [-0.1, -0.05) is 12.8 Å². The number of benzene rings is 1. The monoisotopic (exact) mass is 243 g/mol. The van der Waals surface area contributed by atoms with Gasteiger partial charge < -0.3 is 15.6 Å². The number of rotatable bonds is 3. The van der Waals surface area contributed by atoms with Crippen molar-refractivity contribution in [1.82, 2.24) is 9.88 Å². The van der Waals surface area contributed by atoms with Crippen LogP contribution in [0.1, 0.15) is 31.2 Å². The molecule has 3 rings (SSSR count). The van der Waals surface area contributed by atoms with E-state index in [1.54, 1.807) is 0 Å². The summed E-state index contributed by atoms with van der Waals surface area (Å²) >= 11 is 0. The van der Waals surface area contributed by atoms with Crippen molar-refractivity contribution in [2.75, 3.05) is 5.73 Å². The van der Waals surface area contributed by atoms with Crippen LogP contribution in [0.4, 0.5) is 5.69 Å². The molecule has 0 saturated heterocycles. The first-order valence-electron chi connectivity index (χ1n) is 6.81. The average molecular weight is 243 g/mol. The molecule has 0 spiro atoms. The minimum atomic E-state index is 0.710. The normalized spacial score (nSPS) is 16.7. The summed E-state index contributed by atoms with van der Waals surface area (Å²) in [6.45, 7) is 0.950. The largest absolute Gasteiger partial charge is 0.399 e. The lowest BCUT2D eigenvalue weighted by Crippen LogP contribution is -2.25. The Morgan fingerprint density at radius 1 is 1.33 bits per heavy atom. The van der Waals surface area contributed by atoms with E-state index in [1.807, 2.05) is 6.07 Å². The van der Waals surface area contributed by atoms with Gasteiger partial charge >= 0.3 is 0 Å². The highest BCUT2D eigenvalue weighted by molar-refractivity contribution is 5.86. The molecule has 96 valence electrons. The zero-order valence-electron chi connectivity index (χ0n) is 10.9.